The molecule has 4 rings (SSSR count). The van der Waals surface area contributed by atoms with Crippen LogP contribution in [0.15, 0.2) is 24.4 Å². The standard InChI is InChI=1S/C22H26FIN4O/c1-14-12-16(15-5-10-28(11-6-15)9-3-7-23)13-18-20(14)27-21(26-18)19-17(24)4-8-25-22(19)29-2/h4,8,12-13,15H,3,5-7,9-11H2,1-2H3,(H,26,27). The number of aryl methyl sites for hydroxylation is 1. The molecule has 1 aliphatic heterocycles. The Balaban J connectivity index is 1.62. The van der Waals surface area contributed by atoms with Gasteiger partial charge in [0.25, 0.3) is 0 Å². The van der Waals surface area contributed by atoms with Crippen molar-refractivity contribution in [1.29, 1.82) is 0 Å². The predicted molar refractivity (Wildman–Crippen MR) is 122 cm³/mol. The molecule has 5 nitrogen and oxygen atoms in total. The lowest BCUT2D eigenvalue weighted by molar-refractivity contribution is 0.204. The van der Waals surface area contributed by atoms with Gasteiger partial charge < -0.3 is 14.6 Å². The van der Waals surface area contributed by atoms with Gasteiger partial charge in [0.15, 0.2) is 0 Å². The molecular formula is C22H26FIN4O. The number of rotatable bonds is 6. The molecule has 154 valence electrons. The first-order valence-corrected chi connectivity index (χ1v) is 11.2. The molecule has 1 N–H and O–H groups in total. The number of benzene rings is 1. The van der Waals surface area contributed by atoms with E-state index in [2.05, 4.69) is 56.5 Å². The largest absolute Gasteiger partial charge is 0.480 e. The number of nitrogens with one attached hydrogen (secondary N) is 1. The van der Waals surface area contributed by atoms with Crippen molar-refractivity contribution in [2.75, 3.05) is 33.4 Å². The van der Waals surface area contributed by atoms with Crippen molar-refractivity contribution in [1.82, 2.24) is 19.9 Å². The Labute approximate surface area is 184 Å². The van der Waals surface area contributed by atoms with Crippen LogP contribution in [0.4, 0.5) is 4.39 Å². The molecule has 0 saturated carbocycles. The molecule has 3 heterocycles. The normalized spacial score (nSPS) is 15.9. The van der Waals surface area contributed by atoms with Crippen LogP contribution in [0.5, 0.6) is 5.88 Å². The lowest BCUT2D eigenvalue weighted by atomic mass is 9.88. The van der Waals surface area contributed by atoms with Crippen LogP contribution >= 0.6 is 22.6 Å². The smallest absolute Gasteiger partial charge is 0.225 e. The number of hydrogen-bond acceptors (Lipinski definition) is 4. The average molecular weight is 508 g/mol. The number of halogens is 2. The van der Waals surface area contributed by atoms with E-state index >= 15 is 0 Å². The van der Waals surface area contributed by atoms with E-state index in [-0.39, 0.29) is 6.67 Å². The topological polar surface area (TPSA) is 54.0 Å². The van der Waals surface area contributed by atoms with E-state index in [1.54, 1.807) is 13.3 Å². The maximum absolute atomic E-state index is 12.4. The molecule has 0 aliphatic carbocycles. The first kappa shape index (κ1) is 20.5. The Morgan fingerprint density at radius 3 is 2.83 bits per heavy atom. The molecule has 0 amide bonds. The molecule has 1 fully saturated rings. The molecular weight excluding hydrogens is 482 g/mol. The number of nitrogens with zero attached hydrogens (tertiary/aromatic N) is 3. The number of ether oxygens (including phenoxy) is 1. The summed E-state index contributed by atoms with van der Waals surface area (Å²) in [6.45, 7) is 4.86. The second kappa shape index (κ2) is 8.95. The van der Waals surface area contributed by atoms with Gasteiger partial charge in [-0.15, -0.1) is 0 Å². The minimum Gasteiger partial charge on any atom is -0.480 e. The fraction of sp³-hybridized carbons (Fsp3) is 0.455. The van der Waals surface area contributed by atoms with Crippen molar-refractivity contribution in [2.45, 2.75) is 32.1 Å². The van der Waals surface area contributed by atoms with Gasteiger partial charge in [-0.25, -0.2) is 9.97 Å². The first-order chi connectivity index (χ1) is 14.1. The molecule has 3 aromatic rings. The average Bonchev–Trinajstić information content (AvgIpc) is 3.16. The number of likely N-dealkylation sites (tertiary alicyclic amines) is 1. The third kappa shape index (κ3) is 4.26. The second-order valence-electron chi connectivity index (χ2n) is 7.65. The fourth-order valence-corrected chi connectivity index (χ4v) is 4.88. The van der Waals surface area contributed by atoms with E-state index in [1.807, 2.05) is 6.07 Å². The van der Waals surface area contributed by atoms with Crippen molar-refractivity contribution in [3.05, 3.63) is 39.1 Å². The third-order valence-corrected chi connectivity index (χ3v) is 6.66. The van der Waals surface area contributed by atoms with Gasteiger partial charge in [-0.1, -0.05) is 6.07 Å². The monoisotopic (exact) mass is 508 g/mol. The highest BCUT2D eigenvalue weighted by molar-refractivity contribution is 14.1. The third-order valence-electron chi connectivity index (χ3n) is 5.76. The van der Waals surface area contributed by atoms with Gasteiger partial charge in [-0.05, 0) is 91.0 Å². The molecule has 1 aromatic carbocycles. The number of pyridine rings is 1. The van der Waals surface area contributed by atoms with Crippen molar-refractivity contribution in [3.8, 4) is 17.3 Å². The summed E-state index contributed by atoms with van der Waals surface area (Å²) in [7, 11) is 1.63. The number of aromatic nitrogens is 3. The van der Waals surface area contributed by atoms with E-state index < -0.39 is 0 Å². The van der Waals surface area contributed by atoms with Crippen molar-refractivity contribution >= 4 is 33.6 Å². The molecule has 0 radical (unpaired) electrons. The quantitative estimate of drug-likeness (QED) is 0.472. The van der Waals surface area contributed by atoms with Gasteiger partial charge >= 0.3 is 0 Å². The zero-order chi connectivity index (χ0) is 20.4. The van der Waals surface area contributed by atoms with Crippen molar-refractivity contribution in [3.63, 3.8) is 0 Å². The van der Waals surface area contributed by atoms with E-state index in [0.29, 0.717) is 18.2 Å². The highest BCUT2D eigenvalue weighted by Crippen LogP contribution is 2.35. The van der Waals surface area contributed by atoms with E-state index in [0.717, 1.165) is 58.5 Å². The van der Waals surface area contributed by atoms with Crippen molar-refractivity contribution in [2.24, 2.45) is 0 Å². The van der Waals surface area contributed by atoms with Crippen LogP contribution < -0.4 is 4.74 Å². The van der Waals surface area contributed by atoms with E-state index in [9.17, 15) is 4.39 Å². The van der Waals surface area contributed by atoms with Crippen LogP contribution in [0.2, 0.25) is 0 Å². The zero-order valence-corrected chi connectivity index (χ0v) is 19.0. The molecule has 29 heavy (non-hydrogen) atoms. The lowest BCUT2D eigenvalue weighted by Gasteiger charge is -2.32. The number of piperidine rings is 1. The lowest BCUT2D eigenvalue weighted by Crippen LogP contribution is -2.33. The maximum atomic E-state index is 12.4. The summed E-state index contributed by atoms with van der Waals surface area (Å²) in [5.41, 5.74) is 5.48. The summed E-state index contributed by atoms with van der Waals surface area (Å²) in [6.07, 6.45) is 4.62. The molecule has 7 heteroatoms. The Bertz CT molecular complexity index is 998. The number of methoxy groups -OCH3 is 1. The van der Waals surface area contributed by atoms with Crippen molar-refractivity contribution < 1.29 is 9.13 Å². The zero-order valence-electron chi connectivity index (χ0n) is 16.8. The van der Waals surface area contributed by atoms with E-state index in [1.165, 1.54) is 11.1 Å². The molecule has 0 bridgehead atoms. The Kier molecular flexibility index (Phi) is 6.34. The molecule has 1 saturated heterocycles. The summed E-state index contributed by atoms with van der Waals surface area (Å²) in [4.78, 5) is 15.1. The summed E-state index contributed by atoms with van der Waals surface area (Å²) in [5.74, 6) is 1.91. The van der Waals surface area contributed by atoms with Gasteiger partial charge in [0.05, 0.1) is 30.4 Å². The van der Waals surface area contributed by atoms with E-state index in [4.69, 9.17) is 9.72 Å². The van der Waals surface area contributed by atoms with Crippen LogP contribution in [-0.4, -0.2) is 53.3 Å². The number of fused-ring (bicyclic) bond motifs is 1. The van der Waals surface area contributed by atoms with Gasteiger partial charge in [-0.3, -0.25) is 4.39 Å². The first-order valence-electron chi connectivity index (χ1n) is 10.1. The summed E-state index contributed by atoms with van der Waals surface area (Å²) >= 11 is 2.29. The van der Waals surface area contributed by atoms with Crippen LogP contribution in [0.25, 0.3) is 22.4 Å². The number of hydrogen-bond donors (Lipinski definition) is 1. The summed E-state index contributed by atoms with van der Waals surface area (Å²) < 4.78 is 18.9. The molecule has 1 aliphatic rings. The maximum Gasteiger partial charge on any atom is 0.225 e. The fourth-order valence-electron chi connectivity index (χ4n) is 4.24. The van der Waals surface area contributed by atoms with Crippen LogP contribution in [0.3, 0.4) is 0 Å². The number of alkyl halides is 1. The Morgan fingerprint density at radius 1 is 1.31 bits per heavy atom. The highest BCUT2D eigenvalue weighted by atomic mass is 127. The van der Waals surface area contributed by atoms with Gasteiger partial charge in [-0.2, -0.15) is 0 Å². The minimum absolute atomic E-state index is 0.224. The molecule has 0 spiro atoms. The molecule has 0 unspecified atom stereocenters. The molecule has 2 aromatic heterocycles. The highest BCUT2D eigenvalue weighted by Gasteiger charge is 2.22. The van der Waals surface area contributed by atoms with Crippen LogP contribution in [-0.2, 0) is 0 Å². The predicted octanol–water partition coefficient (Wildman–Crippen LogP) is 5.09. The molecule has 0 atom stereocenters. The summed E-state index contributed by atoms with van der Waals surface area (Å²) in [6, 6.07) is 6.48. The van der Waals surface area contributed by atoms with Gasteiger partial charge in [0.2, 0.25) is 5.88 Å². The summed E-state index contributed by atoms with van der Waals surface area (Å²) in [5, 5.41) is 0. The van der Waals surface area contributed by atoms with Crippen LogP contribution in [0.1, 0.15) is 36.3 Å². The van der Waals surface area contributed by atoms with Crippen LogP contribution in [0, 0.1) is 10.5 Å². The second-order valence-corrected chi connectivity index (χ2v) is 8.82. The number of aromatic amines is 1. The van der Waals surface area contributed by atoms with Gasteiger partial charge in [0, 0.05) is 16.3 Å². The SMILES string of the molecule is COc1nccc(I)c1-c1nc2c(C)cc(C3CCN(CCCF)CC3)cc2[nH]1. The van der Waals surface area contributed by atoms with Gasteiger partial charge in [0.1, 0.15) is 5.82 Å². The Hall–Kier alpha value is -1.74. The minimum atomic E-state index is -0.224. The number of H-pyrrole nitrogens is 1. The Morgan fingerprint density at radius 2 is 2.10 bits per heavy atom. The number of imidazole rings is 1.